The van der Waals surface area contributed by atoms with E-state index in [0.29, 0.717) is 16.8 Å². The van der Waals surface area contributed by atoms with Crippen LogP contribution in [0.4, 0.5) is 4.39 Å². The fraction of sp³-hybridized carbons (Fsp3) is 0.417. The first-order chi connectivity index (χ1) is 7.95. The largest absolute Gasteiger partial charge is 0.244 e. The Kier molecular flexibility index (Phi) is 2.58. The van der Waals surface area contributed by atoms with E-state index in [1.807, 2.05) is 0 Å². The monoisotopic (exact) mass is 232 g/mol. The summed E-state index contributed by atoms with van der Waals surface area (Å²) in [7, 11) is 0. The summed E-state index contributed by atoms with van der Waals surface area (Å²) in [5.41, 5.74) is 0.335. The molecule has 0 bridgehead atoms. The van der Waals surface area contributed by atoms with E-state index in [2.05, 4.69) is 16.2 Å². The minimum Gasteiger partial charge on any atom is -0.244 e. The third-order valence-corrected chi connectivity index (χ3v) is 3.04. The summed E-state index contributed by atoms with van der Waals surface area (Å²) in [5.74, 6) is -0.422. The van der Waals surface area contributed by atoms with Gasteiger partial charge in [0.05, 0.1) is 23.0 Å². The molecule has 2 aromatic heterocycles. The molecule has 0 saturated heterocycles. The molecule has 0 radical (unpaired) electrons. The molecule has 0 aliphatic carbocycles. The smallest absolute Gasteiger partial charge is 0.136 e. The number of rotatable bonds is 2. The molecule has 2 rings (SSSR count). The number of nitriles is 1. The third kappa shape index (κ3) is 1.86. The van der Waals surface area contributed by atoms with Gasteiger partial charge in [-0.05, 0) is 19.9 Å². The van der Waals surface area contributed by atoms with Gasteiger partial charge in [0.2, 0.25) is 0 Å². The van der Waals surface area contributed by atoms with Gasteiger partial charge in [-0.15, -0.1) is 0 Å². The van der Waals surface area contributed by atoms with Crippen LogP contribution < -0.4 is 0 Å². The van der Waals surface area contributed by atoms with Crippen LogP contribution in [0, 0.1) is 11.3 Å². The number of hydrogen-bond donors (Lipinski definition) is 0. The summed E-state index contributed by atoms with van der Waals surface area (Å²) in [5, 5.41) is 13.2. The molecular weight excluding hydrogens is 219 g/mol. The number of nitrogens with zero attached hydrogens (tertiary/aromatic N) is 4. The lowest BCUT2D eigenvalue weighted by molar-refractivity contribution is 0.177. The molecule has 2 heterocycles. The van der Waals surface area contributed by atoms with Gasteiger partial charge in [-0.3, -0.25) is 0 Å². The Morgan fingerprint density at radius 3 is 2.82 bits per heavy atom. The first-order valence-electron chi connectivity index (χ1n) is 5.36. The molecule has 17 heavy (non-hydrogen) atoms. The van der Waals surface area contributed by atoms with Crippen LogP contribution in [0.25, 0.3) is 5.52 Å². The van der Waals surface area contributed by atoms with Gasteiger partial charge in [0.1, 0.15) is 18.1 Å². The summed E-state index contributed by atoms with van der Waals surface area (Å²) in [6, 6.07) is 3.76. The Hall–Kier alpha value is -1.96. The fourth-order valence-corrected chi connectivity index (χ4v) is 1.78. The number of hydrogen-bond acceptors (Lipinski definition) is 3. The average Bonchev–Trinajstić information content (AvgIpc) is 2.64. The van der Waals surface area contributed by atoms with Crippen LogP contribution >= 0.6 is 0 Å². The second kappa shape index (κ2) is 3.81. The summed E-state index contributed by atoms with van der Waals surface area (Å²) < 4.78 is 15.6. The Balaban J connectivity index is 2.71. The predicted molar refractivity (Wildman–Crippen MR) is 61.3 cm³/mol. The highest BCUT2D eigenvalue weighted by molar-refractivity contribution is 5.55. The molecular formula is C12H13FN4. The number of aromatic nitrogens is 3. The molecule has 2 aromatic rings. The molecule has 5 heteroatoms. The second-order valence-corrected chi connectivity index (χ2v) is 4.59. The number of alkyl halides is 1. The lowest BCUT2D eigenvalue weighted by atomic mass is 9.90. The highest BCUT2D eigenvalue weighted by atomic mass is 19.1. The zero-order valence-electron chi connectivity index (χ0n) is 9.98. The van der Waals surface area contributed by atoms with Gasteiger partial charge in [-0.2, -0.15) is 10.4 Å². The molecule has 1 atom stereocenters. The van der Waals surface area contributed by atoms with Gasteiger partial charge >= 0.3 is 0 Å². The molecule has 4 nitrogen and oxygen atoms in total. The molecule has 0 fully saturated rings. The maximum absolute atomic E-state index is 14.0. The van der Waals surface area contributed by atoms with Crippen LogP contribution in [0.2, 0.25) is 0 Å². The molecule has 0 aliphatic heterocycles. The van der Waals surface area contributed by atoms with Crippen molar-refractivity contribution < 1.29 is 4.39 Å². The van der Waals surface area contributed by atoms with Crippen molar-refractivity contribution in [1.29, 1.82) is 5.26 Å². The maximum atomic E-state index is 14.0. The van der Waals surface area contributed by atoms with Crippen molar-refractivity contribution in [2.75, 3.05) is 0 Å². The van der Waals surface area contributed by atoms with Crippen molar-refractivity contribution >= 4 is 5.52 Å². The van der Waals surface area contributed by atoms with E-state index in [1.165, 1.54) is 20.2 Å². The first kappa shape index (κ1) is 11.5. The quantitative estimate of drug-likeness (QED) is 0.799. The fourth-order valence-electron chi connectivity index (χ4n) is 1.78. The van der Waals surface area contributed by atoms with Crippen LogP contribution in [0.3, 0.4) is 0 Å². The zero-order chi connectivity index (χ0) is 12.6. The number of halogens is 1. The minimum absolute atomic E-state index is 0.422. The van der Waals surface area contributed by atoms with E-state index in [0.717, 1.165) is 0 Å². The van der Waals surface area contributed by atoms with Crippen molar-refractivity contribution in [3.05, 3.63) is 29.8 Å². The van der Waals surface area contributed by atoms with Crippen LogP contribution in [0.15, 0.2) is 18.6 Å². The molecule has 1 unspecified atom stereocenters. The van der Waals surface area contributed by atoms with Crippen molar-refractivity contribution in [3.8, 4) is 6.07 Å². The van der Waals surface area contributed by atoms with Crippen LogP contribution in [0.5, 0.6) is 0 Å². The van der Waals surface area contributed by atoms with Gasteiger partial charge in [-0.1, -0.05) is 6.92 Å². The second-order valence-electron chi connectivity index (χ2n) is 4.59. The molecule has 0 N–H and O–H groups in total. The van der Waals surface area contributed by atoms with E-state index >= 15 is 0 Å². The van der Waals surface area contributed by atoms with E-state index in [4.69, 9.17) is 5.26 Å². The summed E-state index contributed by atoms with van der Waals surface area (Å²) in [6.45, 7) is 4.75. The molecule has 0 aromatic carbocycles. The topological polar surface area (TPSA) is 54.0 Å². The standard InChI is InChI=1S/C12H13FN4/c1-8(12(2,3)13)11-9(5-14)4-10-6-15-7-16-17(10)11/h4,6-8H,1-3H3. The van der Waals surface area contributed by atoms with Gasteiger partial charge in [0.25, 0.3) is 0 Å². The minimum atomic E-state index is -1.41. The molecule has 0 saturated carbocycles. The van der Waals surface area contributed by atoms with Crippen molar-refractivity contribution in [2.45, 2.75) is 32.4 Å². The Morgan fingerprint density at radius 1 is 1.53 bits per heavy atom. The zero-order valence-corrected chi connectivity index (χ0v) is 9.98. The third-order valence-electron chi connectivity index (χ3n) is 3.04. The van der Waals surface area contributed by atoms with Crippen molar-refractivity contribution in [2.24, 2.45) is 0 Å². The van der Waals surface area contributed by atoms with Gasteiger partial charge in [-0.25, -0.2) is 13.9 Å². The summed E-state index contributed by atoms with van der Waals surface area (Å²) in [6.07, 6.45) is 2.99. The van der Waals surface area contributed by atoms with Crippen molar-refractivity contribution in [1.82, 2.24) is 14.6 Å². The van der Waals surface area contributed by atoms with Crippen molar-refractivity contribution in [3.63, 3.8) is 0 Å². The summed E-state index contributed by atoms with van der Waals surface area (Å²) >= 11 is 0. The molecule has 0 spiro atoms. The van der Waals surface area contributed by atoms with Gasteiger partial charge in [0.15, 0.2) is 0 Å². The average molecular weight is 232 g/mol. The Bertz CT molecular complexity index is 589. The van der Waals surface area contributed by atoms with E-state index < -0.39 is 11.6 Å². The lowest BCUT2D eigenvalue weighted by Gasteiger charge is -2.23. The highest BCUT2D eigenvalue weighted by Crippen LogP contribution is 2.33. The van der Waals surface area contributed by atoms with E-state index in [-0.39, 0.29) is 0 Å². The maximum Gasteiger partial charge on any atom is 0.136 e. The van der Waals surface area contributed by atoms with Crippen LogP contribution in [-0.4, -0.2) is 20.3 Å². The van der Waals surface area contributed by atoms with E-state index in [9.17, 15) is 4.39 Å². The SMILES string of the molecule is CC(c1c(C#N)cc2cncnn12)C(C)(C)F. The predicted octanol–water partition coefficient (Wildman–Crippen LogP) is 2.45. The molecule has 0 aliphatic rings. The Morgan fingerprint density at radius 2 is 2.24 bits per heavy atom. The number of fused-ring (bicyclic) bond motifs is 1. The molecule has 88 valence electrons. The van der Waals surface area contributed by atoms with Crippen LogP contribution in [0.1, 0.15) is 37.9 Å². The highest BCUT2D eigenvalue weighted by Gasteiger charge is 2.31. The van der Waals surface area contributed by atoms with Gasteiger partial charge < -0.3 is 0 Å². The first-order valence-corrected chi connectivity index (χ1v) is 5.36. The van der Waals surface area contributed by atoms with Crippen LogP contribution in [-0.2, 0) is 0 Å². The van der Waals surface area contributed by atoms with Gasteiger partial charge in [0, 0.05) is 5.92 Å². The normalized spacial score (nSPS) is 13.6. The summed E-state index contributed by atoms with van der Waals surface area (Å²) in [4.78, 5) is 3.89. The molecule has 0 amide bonds. The van der Waals surface area contributed by atoms with E-state index in [1.54, 1.807) is 23.7 Å². The Labute approximate surface area is 98.7 Å². The lowest BCUT2D eigenvalue weighted by Crippen LogP contribution is -2.23.